The molecule has 128 valence electrons. The Bertz CT molecular complexity index is 786. The van der Waals surface area contributed by atoms with Crippen molar-refractivity contribution in [1.82, 2.24) is 14.5 Å². The number of hydrogen-bond donors (Lipinski definition) is 1. The maximum atomic E-state index is 13.3. The number of aromatic nitrogens is 2. The number of amides is 1. The SMILES string of the molecule is COc1ccccc1-c1nc(C(F)(F)F)n2c1CN(C(=O)O)CC2. The van der Waals surface area contributed by atoms with Crippen molar-refractivity contribution in [2.24, 2.45) is 0 Å². The van der Waals surface area contributed by atoms with Crippen molar-refractivity contribution in [3.05, 3.63) is 35.8 Å². The molecule has 0 aliphatic carbocycles. The van der Waals surface area contributed by atoms with Crippen LogP contribution in [0.5, 0.6) is 5.75 Å². The molecule has 0 saturated carbocycles. The van der Waals surface area contributed by atoms with Gasteiger partial charge in [0.05, 0.1) is 25.0 Å². The molecule has 0 fully saturated rings. The van der Waals surface area contributed by atoms with E-state index < -0.39 is 18.1 Å². The summed E-state index contributed by atoms with van der Waals surface area (Å²) in [4.78, 5) is 16.0. The van der Waals surface area contributed by atoms with Gasteiger partial charge < -0.3 is 19.3 Å². The van der Waals surface area contributed by atoms with Crippen LogP contribution in [-0.4, -0.2) is 39.3 Å². The number of para-hydroxylation sites is 1. The second-order valence-corrected chi connectivity index (χ2v) is 5.28. The van der Waals surface area contributed by atoms with E-state index in [9.17, 15) is 18.0 Å². The van der Waals surface area contributed by atoms with E-state index >= 15 is 0 Å². The molecule has 0 bridgehead atoms. The zero-order valence-electron chi connectivity index (χ0n) is 12.7. The van der Waals surface area contributed by atoms with Gasteiger partial charge in [-0.05, 0) is 12.1 Å². The molecule has 2 heterocycles. The van der Waals surface area contributed by atoms with Crippen LogP contribution in [0.1, 0.15) is 11.5 Å². The summed E-state index contributed by atoms with van der Waals surface area (Å²) in [7, 11) is 1.41. The van der Waals surface area contributed by atoms with Crippen LogP contribution in [0.4, 0.5) is 18.0 Å². The zero-order valence-corrected chi connectivity index (χ0v) is 12.7. The van der Waals surface area contributed by atoms with E-state index in [1.54, 1.807) is 24.3 Å². The number of methoxy groups -OCH3 is 1. The molecule has 1 aromatic carbocycles. The number of hydrogen-bond acceptors (Lipinski definition) is 3. The van der Waals surface area contributed by atoms with Crippen molar-refractivity contribution in [1.29, 1.82) is 0 Å². The Hall–Kier alpha value is -2.71. The number of imidazole rings is 1. The Kier molecular flexibility index (Phi) is 3.86. The number of nitrogens with zero attached hydrogens (tertiary/aromatic N) is 3. The van der Waals surface area contributed by atoms with Crippen LogP contribution in [0.3, 0.4) is 0 Å². The number of rotatable bonds is 2. The van der Waals surface area contributed by atoms with E-state index in [4.69, 9.17) is 9.84 Å². The summed E-state index contributed by atoms with van der Waals surface area (Å²) < 4.78 is 46.1. The molecule has 9 heteroatoms. The van der Waals surface area contributed by atoms with Crippen molar-refractivity contribution >= 4 is 6.09 Å². The monoisotopic (exact) mass is 341 g/mol. The second kappa shape index (κ2) is 5.73. The number of fused-ring (bicyclic) bond motifs is 1. The molecule has 3 rings (SSSR count). The van der Waals surface area contributed by atoms with E-state index in [0.717, 1.165) is 9.47 Å². The van der Waals surface area contributed by atoms with Crippen LogP contribution in [0.15, 0.2) is 24.3 Å². The summed E-state index contributed by atoms with van der Waals surface area (Å²) in [5.74, 6) is -0.650. The third kappa shape index (κ3) is 2.66. The fourth-order valence-electron chi connectivity index (χ4n) is 2.80. The summed E-state index contributed by atoms with van der Waals surface area (Å²) in [5, 5.41) is 9.14. The second-order valence-electron chi connectivity index (χ2n) is 5.28. The summed E-state index contributed by atoms with van der Waals surface area (Å²) in [6.45, 7) is -0.280. The highest BCUT2D eigenvalue weighted by atomic mass is 19.4. The maximum Gasteiger partial charge on any atom is 0.449 e. The third-order valence-corrected chi connectivity index (χ3v) is 3.89. The number of halogens is 3. The Morgan fingerprint density at radius 2 is 2.00 bits per heavy atom. The number of carbonyl (C=O) groups is 1. The quantitative estimate of drug-likeness (QED) is 0.912. The van der Waals surface area contributed by atoms with Gasteiger partial charge in [-0.1, -0.05) is 12.1 Å². The molecule has 1 aromatic heterocycles. The number of benzene rings is 1. The van der Waals surface area contributed by atoms with Crippen LogP contribution < -0.4 is 4.74 Å². The third-order valence-electron chi connectivity index (χ3n) is 3.89. The Labute approximate surface area is 135 Å². The normalized spacial score (nSPS) is 14.4. The smallest absolute Gasteiger partial charge is 0.449 e. The van der Waals surface area contributed by atoms with Crippen LogP contribution in [0, 0.1) is 0 Å². The lowest BCUT2D eigenvalue weighted by molar-refractivity contribution is -0.147. The first kappa shape index (κ1) is 16.2. The van der Waals surface area contributed by atoms with Crippen molar-refractivity contribution in [3.8, 4) is 17.0 Å². The first-order valence-corrected chi connectivity index (χ1v) is 7.10. The van der Waals surface area contributed by atoms with Gasteiger partial charge in [-0.3, -0.25) is 0 Å². The van der Waals surface area contributed by atoms with Gasteiger partial charge in [-0.2, -0.15) is 13.2 Å². The highest BCUT2D eigenvalue weighted by Gasteiger charge is 2.41. The predicted octanol–water partition coefficient (Wildman–Crippen LogP) is 3.07. The minimum atomic E-state index is -4.62. The summed E-state index contributed by atoms with van der Waals surface area (Å²) in [6, 6.07) is 6.57. The van der Waals surface area contributed by atoms with E-state index in [0.29, 0.717) is 11.3 Å². The molecule has 1 aliphatic heterocycles. The maximum absolute atomic E-state index is 13.3. The number of ether oxygens (including phenoxy) is 1. The average Bonchev–Trinajstić information content (AvgIpc) is 2.93. The van der Waals surface area contributed by atoms with Crippen LogP contribution in [0.25, 0.3) is 11.3 Å². The molecule has 0 spiro atoms. The molecule has 2 aromatic rings. The fourth-order valence-corrected chi connectivity index (χ4v) is 2.80. The van der Waals surface area contributed by atoms with Crippen molar-refractivity contribution < 1.29 is 27.8 Å². The molecule has 6 nitrogen and oxygen atoms in total. The minimum Gasteiger partial charge on any atom is -0.496 e. The van der Waals surface area contributed by atoms with E-state index in [2.05, 4.69) is 4.98 Å². The van der Waals surface area contributed by atoms with Crippen molar-refractivity contribution in [2.75, 3.05) is 13.7 Å². The average molecular weight is 341 g/mol. The lowest BCUT2D eigenvalue weighted by Crippen LogP contribution is -2.38. The molecular weight excluding hydrogens is 327 g/mol. The molecule has 0 unspecified atom stereocenters. The number of carboxylic acid groups (broad SMARTS) is 1. The van der Waals surface area contributed by atoms with Crippen LogP contribution in [0.2, 0.25) is 0 Å². The summed E-state index contributed by atoms with van der Waals surface area (Å²) >= 11 is 0. The van der Waals surface area contributed by atoms with Gasteiger partial charge in [0.2, 0.25) is 5.82 Å². The van der Waals surface area contributed by atoms with Gasteiger partial charge in [-0.25, -0.2) is 9.78 Å². The Morgan fingerprint density at radius 1 is 1.29 bits per heavy atom. The van der Waals surface area contributed by atoms with Gasteiger partial charge in [0.15, 0.2) is 0 Å². The summed E-state index contributed by atoms with van der Waals surface area (Å²) in [5.41, 5.74) is 0.692. The predicted molar refractivity (Wildman–Crippen MR) is 77.7 cm³/mol. The fraction of sp³-hybridized carbons (Fsp3) is 0.333. The van der Waals surface area contributed by atoms with Gasteiger partial charge in [-0.15, -0.1) is 0 Å². The minimum absolute atomic E-state index is 0.0207. The molecule has 1 amide bonds. The molecular formula is C15H14F3N3O3. The summed E-state index contributed by atoms with van der Waals surface area (Å²) in [6.07, 6.45) is -5.80. The van der Waals surface area contributed by atoms with Crippen molar-refractivity contribution in [2.45, 2.75) is 19.3 Å². The lowest BCUT2D eigenvalue weighted by Gasteiger charge is -2.27. The number of alkyl halides is 3. The molecule has 0 atom stereocenters. The van der Waals surface area contributed by atoms with E-state index in [-0.39, 0.29) is 31.0 Å². The van der Waals surface area contributed by atoms with Gasteiger partial charge in [0, 0.05) is 18.7 Å². The highest BCUT2D eigenvalue weighted by Crippen LogP contribution is 2.38. The molecule has 1 N–H and O–H groups in total. The van der Waals surface area contributed by atoms with E-state index in [1.165, 1.54) is 7.11 Å². The largest absolute Gasteiger partial charge is 0.496 e. The first-order chi connectivity index (χ1) is 11.3. The van der Waals surface area contributed by atoms with E-state index in [1.807, 2.05) is 0 Å². The van der Waals surface area contributed by atoms with Crippen molar-refractivity contribution in [3.63, 3.8) is 0 Å². The van der Waals surface area contributed by atoms with Gasteiger partial charge in [0.25, 0.3) is 0 Å². The zero-order chi connectivity index (χ0) is 17.5. The Morgan fingerprint density at radius 3 is 2.62 bits per heavy atom. The first-order valence-electron chi connectivity index (χ1n) is 7.10. The topological polar surface area (TPSA) is 67.6 Å². The molecule has 1 aliphatic rings. The Balaban J connectivity index is 2.20. The standard InChI is InChI=1S/C15H14F3N3O3/c1-24-11-5-3-2-4-9(11)12-10-8-20(14(22)23)6-7-21(10)13(19-12)15(16,17)18/h2-5H,6-8H2,1H3,(H,22,23). The van der Waals surface area contributed by atoms with Crippen LogP contribution in [-0.2, 0) is 19.3 Å². The van der Waals surface area contributed by atoms with Crippen LogP contribution >= 0.6 is 0 Å². The van der Waals surface area contributed by atoms with Gasteiger partial charge >= 0.3 is 12.3 Å². The lowest BCUT2D eigenvalue weighted by atomic mass is 10.1. The molecule has 0 saturated heterocycles. The van der Waals surface area contributed by atoms with Gasteiger partial charge in [0.1, 0.15) is 5.75 Å². The highest BCUT2D eigenvalue weighted by molar-refractivity contribution is 5.71. The molecule has 24 heavy (non-hydrogen) atoms. The molecule has 0 radical (unpaired) electrons.